The molecule has 0 unspecified atom stereocenters. The number of hydrogen-bond acceptors (Lipinski definition) is 4. The second-order valence-electron chi connectivity index (χ2n) is 5.53. The third kappa shape index (κ3) is 3.32. The van der Waals surface area contributed by atoms with E-state index in [1.807, 2.05) is 4.90 Å². The molecule has 1 aromatic heterocycles. The molecule has 1 amide bonds. The molecular formula is C15H20FN3O2. The topological polar surface area (TPSA) is 45.7 Å². The molecule has 6 heteroatoms. The third-order valence-electron chi connectivity index (χ3n) is 4.20. The Balaban J connectivity index is 1.54. The molecule has 0 radical (unpaired) electrons. The number of carbonyl (C=O) groups excluding carboxylic acids is 1. The average Bonchev–Trinajstić information content (AvgIpc) is 2.56. The van der Waals surface area contributed by atoms with Gasteiger partial charge in [0.25, 0.3) is 0 Å². The summed E-state index contributed by atoms with van der Waals surface area (Å²) in [6.45, 7) is 4.28. The van der Waals surface area contributed by atoms with Gasteiger partial charge in [0, 0.05) is 32.1 Å². The fourth-order valence-corrected chi connectivity index (χ4v) is 2.95. The SMILES string of the molecule is O=C(C1CCN(c2ccc(F)cn2)CC1)N1CCOCC1. The normalized spacial score (nSPS) is 20.6. The van der Waals surface area contributed by atoms with Crippen molar-refractivity contribution in [2.24, 2.45) is 5.92 Å². The lowest BCUT2D eigenvalue weighted by molar-refractivity contribution is -0.140. The highest BCUT2D eigenvalue weighted by Crippen LogP contribution is 2.23. The van der Waals surface area contributed by atoms with Crippen LogP contribution in [0.3, 0.4) is 0 Å². The predicted molar refractivity (Wildman–Crippen MR) is 76.5 cm³/mol. The maximum Gasteiger partial charge on any atom is 0.225 e. The van der Waals surface area contributed by atoms with Crippen molar-refractivity contribution in [2.75, 3.05) is 44.3 Å². The second kappa shape index (κ2) is 6.39. The number of halogens is 1. The lowest BCUT2D eigenvalue weighted by Crippen LogP contribution is -2.46. The highest BCUT2D eigenvalue weighted by Gasteiger charge is 2.29. The molecule has 0 N–H and O–H groups in total. The standard InChI is InChI=1S/C15H20FN3O2/c16-13-1-2-14(17-11-13)18-5-3-12(4-6-18)15(20)19-7-9-21-10-8-19/h1-2,11-12H,3-10H2. The Morgan fingerprint density at radius 1 is 1.19 bits per heavy atom. The summed E-state index contributed by atoms with van der Waals surface area (Å²) in [5.41, 5.74) is 0. The van der Waals surface area contributed by atoms with E-state index < -0.39 is 0 Å². The summed E-state index contributed by atoms with van der Waals surface area (Å²) in [5, 5.41) is 0. The molecule has 0 aromatic carbocycles. The lowest BCUT2D eigenvalue weighted by atomic mass is 9.95. The Bertz CT molecular complexity index is 480. The van der Waals surface area contributed by atoms with Gasteiger partial charge >= 0.3 is 0 Å². The predicted octanol–water partition coefficient (Wildman–Crippen LogP) is 1.30. The van der Waals surface area contributed by atoms with Crippen LogP contribution in [0.15, 0.2) is 18.3 Å². The lowest BCUT2D eigenvalue weighted by Gasteiger charge is -2.36. The number of pyridine rings is 1. The van der Waals surface area contributed by atoms with E-state index in [2.05, 4.69) is 9.88 Å². The molecule has 114 valence electrons. The first-order chi connectivity index (χ1) is 10.2. The number of amides is 1. The van der Waals surface area contributed by atoms with Crippen molar-refractivity contribution in [1.82, 2.24) is 9.88 Å². The van der Waals surface area contributed by atoms with Crippen LogP contribution in [0.25, 0.3) is 0 Å². The Kier molecular flexibility index (Phi) is 4.34. The summed E-state index contributed by atoms with van der Waals surface area (Å²) < 4.78 is 18.2. The molecule has 0 aliphatic carbocycles. The smallest absolute Gasteiger partial charge is 0.225 e. The molecule has 0 bridgehead atoms. The van der Waals surface area contributed by atoms with E-state index in [0.29, 0.717) is 26.3 Å². The molecule has 0 saturated carbocycles. The molecule has 2 aliphatic rings. The zero-order valence-corrected chi connectivity index (χ0v) is 12.0. The van der Waals surface area contributed by atoms with Crippen LogP contribution < -0.4 is 4.90 Å². The number of morpholine rings is 1. The zero-order chi connectivity index (χ0) is 14.7. The van der Waals surface area contributed by atoms with Gasteiger partial charge in [0.05, 0.1) is 19.4 Å². The Morgan fingerprint density at radius 3 is 2.52 bits per heavy atom. The van der Waals surface area contributed by atoms with E-state index in [9.17, 15) is 9.18 Å². The van der Waals surface area contributed by atoms with E-state index in [1.54, 1.807) is 6.07 Å². The zero-order valence-electron chi connectivity index (χ0n) is 12.0. The number of piperidine rings is 1. The molecule has 5 nitrogen and oxygen atoms in total. The third-order valence-corrected chi connectivity index (χ3v) is 4.20. The first kappa shape index (κ1) is 14.3. The van der Waals surface area contributed by atoms with E-state index in [-0.39, 0.29) is 17.6 Å². The molecule has 2 saturated heterocycles. The second-order valence-corrected chi connectivity index (χ2v) is 5.53. The van der Waals surface area contributed by atoms with E-state index >= 15 is 0 Å². The van der Waals surface area contributed by atoms with Crippen LogP contribution in [0.2, 0.25) is 0 Å². The van der Waals surface area contributed by atoms with Crippen LogP contribution >= 0.6 is 0 Å². The van der Waals surface area contributed by atoms with Crippen LogP contribution in [0.4, 0.5) is 10.2 Å². The van der Waals surface area contributed by atoms with E-state index in [0.717, 1.165) is 31.7 Å². The van der Waals surface area contributed by atoms with Crippen LogP contribution in [0, 0.1) is 11.7 Å². The molecule has 1 aromatic rings. The molecule has 2 fully saturated rings. The van der Waals surface area contributed by atoms with Gasteiger partial charge in [-0.1, -0.05) is 0 Å². The van der Waals surface area contributed by atoms with Gasteiger partial charge in [0.1, 0.15) is 11.6 Å². The summed E-state index contributed by atoms with van der Waals surface area (Å²) in [6.07, 6.45) is 2.89. The summed E-state index contributed by atoms with van der Waals surface area (Å²) >= 11 is 0. The van der Waals surface area contributed by atoms with Crippen molar-refractivity contribution in [1.29, 1.82) is 0 Å². The average molecular weight is 293 g/mol. The van der Waals surface area contributed by atoms with Crippen molar-refractivity contribution in [3.8, 4) is 0 Å². The maximum atomic E-state index is 12.9. The van der Waals surface area contributed by atoms with Crippen LogP contribution in [0.5, 0.6) is 0 Å². The first-order valence-corrected chi connectivity index (χ1v) is 7.47. The summed E-state index contributed by atoms with van der Waals surface area (Å²) in [6, 6.07) is 3.12. The summed E-state index contributed by atoms with van der Waals surface area (Å²) in [4.78, 5) is 20.6. The van der Waals surface area contributed by atoms with Gasteiger partial charge in [0.2, 0.25) is 5.91 Å². The van der Waals surface area contributed by atoms with Crippen LogP contribution in [0.1, 0.15) is 12.8 Å². The number of anilines is 1. The first-order valence-electron chi connectivity index (χ1n) is 7.47. The van der Waals surface area contributed by atoms with Gasteiger partial charge < -0.3 is 14.5 Å². The summed E-state index contributed by atoms with van der Waals surface area (Å²) in [5.74, 6) is 0.814. The van der Waals surface area contributed by atoms with Crippen LogP contribution in [-0.4, -0.2) is 55.2 Å². The van der Waals surface area contributed by atoms with Crippen LogP contribution in [-0.2, 0) is 9.53 Å². The maximum absolute atomic E-state index is 12.9. The fourth-order valence-electron chi connectivity index (χ4n) is 2.95. The number of nitrogens with zero attached hydrogens (tertiary/aromatic N) is 3. The molecule has 3 heterocycles. The van der Waals surface area contributed by atoms with Gasteiger partial charge in [-0.2, -0.15) is 0 Å². The van der Waals surface area contributed by atoms with E-state index in [4.69, 9.17) is 4.74 Å². The molecule has 0 spiro atoms. The van der Waals surface area contributed by atoms with Crippen molar-refractivity contribution >= 4 is 11.7 Å². The molecule has 0 atom stereocenters. The minimum absolute atomic E-state index is 0.0970. The number of hydrogen-bond donors (Lipinski definition) is 0. The quantitative estimate of drug-likeness (QED) is 0.824. The van der Waals surface area contributed by atoms with Crippen molar-refractivity contribution < 1.29 is 13.9 Å². The minimum atomic E-state index is -0.323. The van der Waals surface area contributed by atoms with Crippen molar-refractivity contribution in [2.45, 2.75) is 12.8 Å². The molecular weight excluding hydrogens is 273 g/mol. The number of carbonyl (C=O) groups is 1. The molecule has 2 aliphatic heterocycles. The minimum Gasteiger partial charge on any atom is -0.378 e. The number of ether oxygens (including phenoxy) is 1. The highest BCUT2D eigenvalue weighted by molar-refractivity contribution is 5.79. The van der Waals surface area contributed by atoms with Gasteiger partial charge in [-0.15, -0.1) is 0 Å². The van der Waals surface area contributed by atoms with Crippen molar-refractivity contribution in [3.05, 3.63) is 24.1 Å². The highest BCUT2D eigenvalue weighted by atomic mass is 19.1. The van der Waals surface area contributed by atoms with Gasteiger partial charge in [-0.3, -0.25) is 4.79 Å². The van der Waals surface area contributed by atoms with E-state index in [1.165, 1.54) is 12.3 Å². The Morgan fingerprint density at radius 2 is 1.90 bits per heavy atom. The van der Waals surface area contributed by atoms with Crippen molar-refractivity contribution in [3.63, 3.8) is 0 Å². The van der Waals surface area contributed by atoms with Gasteiger partial charge in [-0.05, 0) is 25.0 Å². The fraction of sp³-hybridized carbons (Fsp3) is 0.600. The molecule has 3 rings (SSSR count). The monoisotopic (exact) mass is 293 g/mol. The van der Waals surface area contributed by atoms with Gasteiger partial charge in [0.15, 0.2) is 0 Å². The Hall–Kier alpha value is -1.69. The number of rotatable bonds is 2. The number of aromatic nitrogens is 1. The van der Waals surface area contributed by atoms with Gasteiger partial charge in [-0.25, -0.2) is 9.37 Å². The molecule has 21 heavy (non-hydrogen) atoms. The Labute approximate surface area is 123 Å². The largest absolute Gasteiger partial charge is 0.378 e. The summed E-state index contributed by atoms with van der Waals surface area (Å²) in [7, 11) is 0.